The van der Waals surface area contributed by atoms with Gasteiger partial charge in [0, 0.05) is 11.1 Å². The lowest BCUT2D eigenvalue weighted by Gasteiger charge is -1.93. The Morgan fingerprint density at radius 3 is 1.90 bits per heavy atom. The van der Waals surface area contributed by atoms with Gasteiger partial charge in [-0.1, -0.05) is 60.2 Å². The molecule has 0 spiro atoms. The van der Waals surface area contributed by atoms with E-state index >= 15 is 0 Å². The highest BCUT2D eigenvalue weighted by Gasteiger charge is 1.99. The van der Waals surface area contributed by atoms with Gasteiger partial charge < -0.3 is 5.11 Å². The minimum absolute atomic E-state index is 0.125. The Bertz CT molecular complexity index is 557. The fourth-order valence-electron chi connectivity index (χ4n) is 1.50. The van der Waals surface area contributed by atoms with Crippen molar-refractivity contribution < 1.29 is 14.7 Å². The van der Waals surface area contributed by atoms with Crippen molar-refractivity contribution in [2.75, 3.05) is 6.61 Å². The quantitative estimate of drug-likeness (QED) is 0.872. The average molecular weight is 270 g/mol. The van der Waals surface area contributed by atoms with E-state index in [4.69, 9.17) is 5.11 Å². The number of aliphatic hydroxyl groups excluding tert-OH is 1. The Morgan fingerprint density at radius 2 is 1.45 bits per heavy atom. The first-order chi connectivity index (χ1) is 9.54. The van der Waals surface area contributed by atoms with E-state index in [1.807, 2.05) is 37.3 Å². The monoisotopic (exact) mass is 270 g/mol. The maximum Gasteiger partial charge on any atom is 0.188 e. The smallest absolute Gasteiger partial charge is 0.188 e. The van der Waals surface area contributed by atoms with E-state index in [0.717, 1.165) is 5.56 Å². The Kier molecular flexibility index (Phi) is 6.33. The molecule has 0 saturated heterocycles. The molecule has 1 N–H and O–H groups in total. The van der Waals surface area contributed by atoms with Gasteiger partial charge in [0.25, 0.3) is 0 Å². The SMILES string of the molecule is CC(=O)c1ccc(C)cc1.O=C(CO)c1ccccc1. The topological polar surface area (TPSA) is 54.4 Å². The van der Waals surface area contributed by atoms with Gasteiger partial charge in [0.15, 0.2) is 11.6 Å². The number of carbonyl (C=O) groups excluding carboxylic acids is 2. The first kappa shape index (κ1) is 15.8. The maximum absolute atomic E-state index is 10.8. The highest BCUT2D eigenvalue weighted by molar-refractivity contribution is 5.96. The third-order valence-electron chi connectivity index (χ3n) is 2.70. The number of Topliss-reactive ketones (excluding diaryl/α,β-unsaturated/α-hetero) is 2. The molecule has 2 aromatic rings. The van der Waals surface area contributed by atoms with Crippen LogP contribution in [0.2, 0.25) is 0 Å². The van der Waals surface area contributed by atoms with Gasteiger partial charge >= 0.3 is 0 Å². The summed E-state index contributed by atoms with van der Waals surface area (Å²) in [5.41, 5.74) is 2.53. The zero-order valence-electron chi connectivity index (χ0n) is 11.7. The zero-order chi connectivity index (χ0) is 15.0. The van der Waals surface area contributed by atoms with Crippen molar-refractivity contribution in [1.29, 1.82) is 0 Å². The third kappa shape index (κ3) is 5.16. The molecule has 20 heavy (non-hydrogen) atoms. The number of rotatable bonds is 3. The molecule has 2 aromatic carbocycles. The second-order valence-electron chi connectivity index (χ2n) is 4.37. The standard InChI is InChI=1S/C9H10O.C8H8O2/c1-7-3-5-9(6-4-7)8(2)10;9-6-8(10)7-4-2-1-3-5-7/h3-6H,1-2H3;1-5,9H,6H2. The molecule has 0 radical (unpaired) electrons. The predicted molar refractivity (Wildman–Crippen MR) is 79.0 cm³/mol. The first-order valence-electron chi connectivity index (χ1n) is 6.31. The Labute approximate surface area is 118 Å². The van der Waals surface area contributed by atoms with E-state index in [1.165, 1.54) is 5.56 Å². The normalized spacial score (nSPS) is 9.35. The molecule has 104 valence electrons. The fraction of sp³-hybridized carbons (Fsp3) is 0.176. The van der Waals surface area contributed by atoms with Gasteiger partial charge in [-0.2, -0.15) is 0 Å². The summed E-state index contributed by atoms with van der Waals surface area (Å²) in [5.74, 6) is -0.111. The van der Waals surface area contributed by atoms with Crippen LogP contribution in [0.1, 0.15) is 33.2 Å². The molecule has 0 fully saturated rings. The van der Waals surface area contributed by atoms with Gasteiger partial charge in [0.05, 0.1) is 0 Å². The van der Waals surface area contributed by atoms with Crippen LogP contribution in [0.4, 0.5) is 0 Å². The van der Waals surface area contributed by atoms with E-state index in [9.17, 15) is 9.59 Å². The Balaban J connectivity index is 0.000000200. The summed E-state index contributed by atoms with van der Waals surface area (Å²) in [6.45, 7) is 3.17. The first-order valence-corrected chi connectivity index (χ1v) is 6.31. The molecule has 0 heterocycles. The van der Waals surface area contributed by atoms with E-state index in [1.54, 1.807) is 31.2 Å². The van der Waals surface area contributed by atoms with E-state index in [0.29, 0.717) is 5.56 Å². The minimum Gasteiger partial charge on any atom is -0.388 e. The zero-order valence-corrected chi connectivity index (χ0v) is 11.7. The van der Waals surface area contributed by atoms with Crippen LogP contribution in [0.3, 0.4) is 0 Å². The maximum atomic E-state index is 10.8. The summed E-state index contributed by atoms with van der Waals surface area (Å²) in [6, 6.07) is 16.3. The van der Waals surface area contributed by atoms with Crippen LogP contribution in [-0.4, -0.2) is 23.3 Å². The van der Waals surface area contributed by atoms with Gasteiger partial charge in [0.1, 0.15) is 6.61 Å². The molecule has 0 saturated carbocycles. The molecule has 0 aliphatic heterocycles. The predicted octanol–water partition coefficient (Wildman–Crippen LogP) is 3.06. The Hall–Kier alpha value is -2.26. The fourth-order valence-corrected chi connectivity index (χ4v) is 1.50. The van der Waals surface area contributed by atoms with Gasteiger partial charge in [-0.15, -0.1) is 0 Å². The van der Waals surface area contributed by atoms with Crippen LogP contribution >= 0.6 is 0 Å². The lowest BCUT2D eigenvalue weighted by Crippen LogP contribution is -2.02. The molecular formula is C17H18O3. The summed E-state index contributed by atoms with van der Waals surface area (Å²) in [5, 5.41) is 8.44. The van der Waals surface area contributed by atoms with E-state index < -0.39 is 6.61 Å². The molecule has 0 aliphatic rings. The van der Waals surface area contributed by atoms with Crippen molar-refractivity contribution in [2.45, 2.75) is 13.8 Å². The summed E-state index contributed by atoms with van der Waals surface area (Å²) in [4.78, 5) is 21.5. The molecule has 0 aromatic heterocycles. The number of hydrogen-bond donors (Lipinski definition) is 1. The van der Waals surface area contributed by atoms with Crippen molar-refractivity contribution >= 4 is 11.6 Å². The lowest BCUT2D eigenvalue weighted by atomic mass is 10.1. The van der Waals surface area contributed by atoms with Crippen LogP contribution in [-0.2, 0) is 0 Å². The summed E-state index contributed by atoms with van der Waals surface area (Å²) >= 11 is 0. The Morgan fingerprint density at radius 1 is 0.900 bits per heavy atom. The molecule has 0 unspecified atom stereocenters. The molecule has 3 heteroatoms. The molecule has 3 nitrogen and oxygen atoms in total. The van der Waals surface area contributed by atoms with Crippen LogP contribution in [0.15, 0.2) is 54.6 Å². The number of aryl methyl sites for hydroxylation is 1. The van der Waals surface area contributed by atoms with Crippen molar-refractivity contribution in [1.82, 2.24) is 0 Å². The number of ketones is 2. The molecular weight excluding hydrogens is 252 g/mol. The van der Waals surface area contributed by atoms with Gasteiger partial charge in [-0.25, -0.2) is 0 Å². The summed E-state index contributed by atoms with van der Waals surface area (Å²) in [6.07, 6.45) is 0. The largest absolute Gasteiger partial charge is 0.388 e. The molecule has 0 bridgehead atoms. The summed E-state index contributed by atoms with van der Waals surface area (Å²) < 4.78 is 0. The second-order valence-corrected chi connectivity index (χ2v) is 4.37. The summed E-state index contributed by atoms with van der Waals surface area (Å²) in [7, 11) is 0. The van der Waals surface area contributed by atoms with Crippen LogP contribution in [0, 0.1) is 6.92 Å². The van der Waals surface area contributed by atoms with Crippen LogP contribution < -0.4 is 0 Å². The van der Waals surface area contributed by atoms with Crippen LogP contribution in [0.5, 0.6) is 0 Å². The number of carbonyl (C=O) groups is 2. The van der Waals surface area contributed by atoms with Gasteiger partial charge in [0.2, 0.25) is 0 Å². The molecule has 0 amide bonds. The molecule has 0 atom stereocenters. The van der Waals surface area contributed by atoms with Crippen molar-refractivity contribution in [3.8, 4) is 0 Å². The van der Waals surface area contributed by atoms with E-state index in [2.05, 4.69) is 0 Å². The number of hydrogen-bond acceptors (Lipinski definition) is 3. The average Bonchev–Trinajstić information content (AvgIpc) is 2.48. The van der Waals surface area contributed by atoms with Crippen LogP contribution in [0.25, 0.3) is 0 Å². The highest BCUT2D eigenvalue weighted by Crippen LogP contribution is 2.02. The minimum atomic E-state index is -0.413. The van der Waals surface area contributed by atoms with Crippen molar-refractivity contribution in [3.63, 3.8) is 0 Å². The van der Waals surface area contributed by atoms with Gasteiger partial charge in [-0.3, -0.25) is 9.59 Å². The molecule has 2 rings (SSSR count). The lowest BCUT2D eigenvalue weighted by molar-refractivity contribution is 0.0903. The van der Waals surface area contributed by atoms with Crippen molar-refractivity contribution in [2.24, 2.45) is 0 Å². The van der Waals surface area contributed by atoms with E-state index in [-0.39, 0.29) is 11.6 Å². The third-order valence-corrected chi connectivity index (χ3v) is 2.70. The number of aliphatic hydroxyl groups is 1. The second kappa shape index (κ2) is 8.02. The van der Waals surface area contributed by atoms with Gasteiger partial charge in [-0.05, 0) is 13.8 Å². The molecule has 0 aliphatic carbocycles. The van der Waals surface area contributed by atoms with Crippen molar-refractivity contribution in [3.05, 3.63) is 71.3 Å². The highest BCUT2D eigenvalue weighted by atomic mass is 16.3. The number of benzene rings is 2.